The summed E-state index contributed by atoms with van der Waals surface area (Å²) in [4.78, 5) is 33.3. The second-order valence-electron chi connectivity index (χ2n) is 7.36. The van der Waals surface area contributed by atoms with E-state index in [0.29, 0.717) is 27.6 Å². The number of aromatic amines is 1. The number of nitrogens with one attached hydrogen (secondary N) is 2. The van der Waals surface area contributed by atoms with E-state index in [1.54, 1.807) is 25.4 Å². The molecule has 1 amide bonds. The number of para-hydroxylation sites is 1. The van der Waals surface area contributed by atoms with E-state index < -0.39 is 11.7 Å². The molecule has 33 heavy (non-hydrogen) atoms. The molecule has 0 saturated carbocycles. The Morgan fingerprint density at radius 2 is 1.91 bits per heavy atom. The first-order valence-corrected chi connectivity index (χ1v) is 11.0. The van der Waals surface area contributed by atoms with E-state index in [1.165, 1.54) is 16.0 Å². The van der Waals surface area contributed by atoms with Crippen LogP contribution in [0, 0.1) is 6.92 Å². The third-order valence-electron chi connectivity index (χ3n) is 5.17. The number of aryl methyl sites for hydroxylation is 1. The highest BCUT2D eigenvalue weighted by Crippen LogP contribution is 2.28. The number of hydrogen-bond donors (Lipinski definition) is 2. The maximum Gasteiger partial charge on any atom is 0.298 e. The molecule has 0 spiro atoms. The highest BCUT2D eigenvalue weighted by molar-refractivity contribution is 7.12. The zero-order chi connectivity index (χ0) is 22.9. The number of Topliss-reactive ketones (excluding diaryl/α,β-unsaturated/α-hetero) is 1. The van der Waals surface area contributed by atoms with Crippen LogP contribution in [-0.2, 0) is 4.79 Å². The molecule has 8 nitrogen and oxygen atoms in total. The van der Waals surface area contributed by atoms with Gasteiger partial charge in [0.1, 0.15) is 11.6 Å². The summed E-state index contributed by atoms with van der Waals surface area (Å²) in [5, 5.41) is 10.3. The Bertz CT molecular complexity index is 1480. The summed E-state index contributed by atoms with van der Waals surface area (Å²) < 4.78 is 6.74. The van der Waals surface area contributed by atoms with E-state index in [4.69, 9.17) is 4.74 Å². The van der Waals surface area contributed by atoms with Crippen molar-refractivity contribution in [3.05, 3.63) is 77.4 Å². The third-order valence-corrected chi connectivity index (χ3v) is 5.99. The molecule has 9 heteroatoms. The summed E-state index contributed by atoms with van der Waals surface area (Å²) in [5.41, 5.74) is 3.51. The highest BCUT2D eigenvalue weighted by atomic mass is 32.1. The molecule has 164 valence electrons. The summed E-state index contributed by atoms with van der Waals surface area (Å²) in [6, 6.07) is 16.6. The zero-order valence-corrected chi connectivity index (χ0v) is 18.6. The van der Waals surface area contributed by atoms with E-state index in [9.17, 15) is 9.59 Å². The second kappa shape index (κ2) is 8.36. The molecule has 0 fully saturated rings. The number of methoxy groups -OCH3 is 1. The number of nitrogens with zero attached hydrogens (tertiary/aromatic N) is 3. The Hall–Kier alpha value is -4.24. The van der Waals surface area contributed by atoms with Gasteiger partial charge in [0, 0.05) is 34.1 Å². The van der Waals surface area contributed by atoms with Crippen LogP contribution < -0.4 is 10.1 Å². The van der Waals surface area contributed by atoms with Gasteiger partial charge in [-0.25, -0.2) is 4.98 Å². The van der Waals surface area contributed by atoms with Gasteiger partial charge in [-0.1, -0.05) is 18.2 Å². The van der Waals surface area contributed by atoms with Crippen LogP contribution in [0.2, 0.25) is 0 Å². The SMILES string of the molecule is COc1ccc(-c2csc(-n3nc(C)cc3NC(=O)C(=O)c3c[nH]c4ccccc34)n2)cc1. The Labute approximate surface area is 192 Å². The van der Waals surface area contributed by atoms with Crippen molar-refractivity contribution in [3.8, 4) is 22.1 Å². The molecule has 3 aromatic heterocycles. The normalized spacial score (nSPS) is 11.0. The minimum atomic E-state index is -0.743. The molecule has 0 aliphatic carbocycles. The number of ketones is 1. The molecule has 5 rings (SSSR count). The summed E-state index contributed by atoms with van der Waals surface area (Å²) in [6.45, 7) is 1.81. The van der Waals surface area contributed by atoms with E-state index in [-0.39, 0.29) is 0 Å². The van der Waals surface area contributed by atoms with Gasteiger partial charge in [-0.2, -0.15) is 9.78 Å². The monoisotopic (exact) mass is 457 g/mol. The Kier molecular flexibility index (Phi) is 5.23. The van der Waals surface area contributed by atoms with Crippen LogP contribution in [0.15, 0.2) is 66.2 Å². The molecule has 2 N–H and O–H groups in total. The van der Waals surface area contributed by atoms with Crippen molar-refractivity contribution >= 4 is 39.7 Å². The third kappa shape index (κ3) is 3.90. The predicted molar refractivity (Wildman–Crippen MR) is 127 cm³/mol. The number of amides is 1. The quantitative estimate of drug-likeness (QED) is 0.286. The van der Waals surface area contributed by atoms with Crippen LogP contribution in [-0.4, -0.2) is 38.5 Å². The maximum atomic E-state index is 12.8. The average molecular weight is 458 g/mol. The molecular weight excluding hydrogens is 438 g/mol. The van der Waals surface area contributed by atoms with Crippen molar-refractivity contribution in [2.75, 3.05) is 12.4 Å². The predicted octanol–water partition coefficient (Wildman–Crippen LogP) is 4.62. The topological polar surface area (TPSA) is 102 Å². The lowest BCUT2D eigenvalue weighted by Gasteiger charge is -2.06. The van der Waals surface area contributed by atoms with Gasteiger partial charge in [0.15, 0.2) is 0 Å². The van der Waals surface area contributed by atoms with Crippen molar-refractivity contribution in [2.45, 2.75) is 6.92 Å². The standard InChI is InChI=1S/C24H19N5O3S/c1-14-11-21(27-23(31)22(30)18-12-25-19-6-4-3-5-17(18)19)29(28-14)24-26-20(13-33-24)15-7-9-16(32-2)10-8-15/h3-13,25H,1-2H3,(H,27,31). The number of carbonyl (C=O) groups is 2. The molecule has 0 aliphatic heterocycles. The summed E-state index contributed by atoms with van der Waals surface area (Å²) >= 11 is 1.39. The van der Waals surface area contributed by atoms with Gasteiger partial charge >= 0.3 is 0 Å². The summed E-state index contributed by atoms with van der Waals surface area (Å²) in [6.07, 6.45) is 1.55. The van der Waals surface area contributed by atoms with Gasteiger partial charge in [-0.05, 0) is 37.3 Å². The Morgan fingerprint density at radius 3 is 2.70 bits per heavy atom. The summed E-state index contributed by atoms with van der Waals surface area (Å²) in [7, 11) is 1.62. The summed E-state index contributed by atoms with van der Waals surface area (Å²) in [5.74, 6) is -0.230. The van der Waals surface area contributed by atoms with Crippen molar-refractivity contribution in [1.29, 1.82) is 0 Å². The molecule has 0 bridgehead atoms. The number of H-pyrrole nitrogens is 1. The van der Waals surface area contributed by atoms with E-state index in [2.05, 4.69) is 20.4 Å². The maximum absolute atomic E-state index is 12.8. The van der Waals surface area contributed by atoms with Crippen LogP contribution >= 0.6 is 11.3 Å². The number of fused-ring (bicyclic) bond motifs is 1. The molecule has 0 unspecified atom stereocenters. The van der Waals surface area contributed by atoms with E-state index in [1.807, 2.05) is 54.8 Å². The van der Waals surface area contributed by atoms with Gasteiger partial charge in [0.2, 0.25) is 5.13 Å². The first kappa shape index (κ1) is 20.7. The van der Waals surface area contributed by atoms with Crippen molar-refractivity contribution in [2.24, 2.45) is 0 Å². The lowest BCUT2D eigenvalue weighted by molar-refractivity contribution is -0.112. The molecular formula is C24H19N5O3S. The number of ether oxygens (including phenoxy) is 1. The molecule has 5 aromatic rings. The first-order chi connectivity index (χ1) is 16.0. The molecule has 0 aliphatic rings. The van der Waals surface area contributed by atoms with E-state index >= 15 is 0 Å². The van der Waals surface area contributed by atoms with Crippen molar-refractivity contribution < 1.29 is 14.3 Å². The number of thiazole rings is 1. The molecule has 0 radical (unpaired) electrons. The number of benzene rings is 2. The van der Waals surface area contributed by atoms with Gasteiger partial charge in [-0.3, -0.25) is 9.59 Å². The van der Waals surface area contributed by atoms with Crippen molar-refractivity contribution in [3.63, 3.8) is 0 Å². The number of anilines is 1. The van der Waals surface area contributed by atoms with E-state index in [0.717, 1.165) is 22.5 Å². The van der Waals surface area contributed by atoms with Gasteiger partial charge in [-0.15, -0.1) is 11.3 Å². The molecule has 2 aromatic carbocycles. The van der Waals surface area contributed by atoms with Crippen LogP contribution in [0.5, 0.6) is 5.75 Å². The van der Waals surface area contributed by atoms with Crippen LogP contribution in [0.4, 0.5) is 5.82 Å². The number of hydrogen-bond acceptors (Lipinski definition) is 6. The fourth-order valence-corrected chi connectivity index (χ4v) is 4.34. The number of aromatic nitrogens is 4. The zero-order valence-electron chi connectivity index (χ0n) is 17.8. The van der Waals surface area contributed by atoms with Gasteiger partial charge < -0.3 is 15.0 Å². The Morgan fingerprint density at radius 1 is 1.12 bits per heavy atom. The second-order valence-corrected chi connectivity index (χ2v) is 8.19. The minimum Gasteiger partial charge on any atom is -0.497 e. The Balaban J connectivity index is 1.41. The van der Waals surface area contributed by atoms with Gasteiger partial charge in [0.05, 0.1) is 24.1 Å². The average Bonchev–Trinajstić information content (AvgIpc) is 3.57. The lowest BCUT2D eigenvalue weighted by Crippen LogP contribution is -2.24. The van der Waals surface area contributed by atoms with Crippen LogP contribution in [0.3, 0.4) is 0 Å². The molecule has 0 saturated heterocycles. The highest BCUT2D eigenvalue weighted by Gasteiger charge is 2.22. The fraction of sp³-hybridized carbons (Fsp3) is 0.0833. The number of carbonyl (C=O) groups excluding carboxylic acids is 2. The largest absolute Gasteiger partial charge is 0.497 e. The minimum absolute atomic E-state index is 0.321. The smallest absolute Gasteiger partial charge is 0.298 e. The number of rotatable bonds is 6. The van der Waals surface area contributed by atoms with Crippen molar-refractivity contribution in [1.82, 2.24) is 19.7 Å². The van der Waals surface area contributed by atoms with Crippen LogP contribution in [0.1, 0.15) is 16.1 Å². The lowest BCUT2D eigenvalue weighted by atomic mass is 10.1. The molecule has 3 heterocycles. The fourth-order valence-electron chi connectivity index (χ4n) is 3.55. The van der Waals surface area contributed by atoms with Gasteiger partial charge in [0.25, 0.3) is 11.7 Å². The molecule has 0 atom stereocenters. The van der Waals surface area contributed by atoms with Crippen LogP contribution in [0.25, 0.3) is 27.3 Å². The first-order valence-electron chi connectivity index (χ1n) is 10.1.